The van der Waals surface area contributed by atoms with Crippen molar-refractivity contribution >= 4 is 43.2 Å². The Morgan fingerprint density at radius 2 is 1.26 bits per heavy atom. The Bertz CT molecular complexity index is 1160. The fraction of sp³-hybridized carbons (Fsp3) is 0. The van der Waals surface area contributed by atoms with Gasteiger partial charge in [-0.2, -0.15) is 4.37 Å². The molecule has 0 amide bonds. The van der Waals surface area contributed by atoms with Gasteiger partial charge in [-0.15, -0.1) is 0 Å². The normalized spacial score (nSPS) is 11.5. The molecule has 0 spiro atoms. The van der Waals surface area contributed by atoms with E-state index in [0.717, 1.165) is 5.69 Å². The van der Waals surface area contributed by atoms with Crippen molar-refractivity contribution in [3.05, 3.63) is 78.9 Å². The molecule has 5 aromatic rings. The summed E-state index contributed by atoms with van der Waals surface area (Å²) in [5.41, 5.74) is 2.26. The quantitative estimate of drug-likeness (QED) is 0.332. The Labute approximate surface area is 138 Å². The van der Waals surface area contributed by atoms with Crippen LogP contribution in [0.1, 0.15) is 0 Å². The van der Waals surface area contributed by atoms with E-state index in [0.29, 0.717) is 0 Å². The summed E-state index contributed by atoms with van der Waals surface area (Å²) >= 11 is 1.58. The first kappa shape index (κ1) is 12.8. The van der Waals surface area contributed by atoms with Crippen molar-refractivity contribution in [2.75, 3.05) is 0 Å². The average molecular weight is 311 g/mol. The van der Waals surface area contributed by atoms with Crippen molar-refractivity contribution < 1.29 is 0 Å². The van der Waals surface area contributed by atoms with E-state index in [9.17, 15) is 0 Å². The summed E-state index contributed by atoms with van der Waals surface area (Å²) < 4.78 is 5.94. The van der Waals surface area contributed by atoms with Gasteiger partial charge in [-0.25, -0.2) is 0 Å². The molecule has 0 N–H and O–H groups in total. The zero-order valence-electron chi connectivity index (χ0n) is 12.4. The van der Waals surface area contributed by atoms with Crippen LogP contribution >= 0.6 is 11.5 Å². The van der Waals surface area contributed by atoms with Crippen molar-refractivity contribution in [1.82, 2.24) is 4.37 Å². The van der Waals surface area contributed by atoms with Crippen LogP contribution in [-0.2, 0) is 0 Å². The zero-order valence-corrected chi connectivity index (χ0v) is 13.2. The van der Waals surface area contributed by atoms with E-state index >= 15 is 0 Å². The molecule has 4 aromatic carbocycles. The summed E-state index contributed by atoms with van der Waals surface area (Å²) in [5, 5.41) is 6.35. The van der Waals surface area contributed by atoms with Crippen LogP contribution in [0.2, 0.25) is 0 Å². The number of benzene rings is 4. The number of hydrogen-bond acceptors (Lipinski definition) is 2. The van der Waals surface area contributed by atoms with Gasteiger partial charge in [0.2, 0.25) is 0 Å². The molecule has 5 rings (SSSR count). The number of fused-ring (bicyclic) bond motifs is 3. The molecule has 0 radical (unpaired) electrons. The first-order valence-corrected chi connectivity index (χ1v) is 8.43. The van der Waals surface area contributed by atoms with Crippen LogP contribution in [0.5, 0.6) is 0 Å². The maximum atomic E-state index is 4.70. The third-order valence-corrected chi connectivity index (χ3v) is 5.15. The minimum atomic E-state index is 1.08. The summed E-state index contributed by atoms with van der Waals surface area (Å²) in [5.74, 6) is 0. The Morgan fingerprint density at radius 3 is 2.00 bits per heavy atom. The highest BCUT2D eigenvalue weighted by Crippen LogP contribution is 2.35. The van der Waals surface area contributed by atoms with E-state index in [4.69, 9.17) is 4.37 Å². The first-order valence-electron chi connectivity index (χ1n) is 7.66. The van der Waals surface area contributed by atoms with Crippen molar-refractivity contribution in [3.63, 3.8) is 0 Å². The highest BCUT2D eigenvalue weighted by molar-refractivity contribution is 7.13. The molecular formula is C21H13NS. The molecular weight excluding hydrogens is 298 g/mol. The van der Waals surface area contributed by atoms with Crippen LogP contribution in [-0.4, -0.2) is 4.37 Å². The fourth-order valence-corrected chi connectivity index (χ4v) is 4.01. The minimum Gasteiger partial charge on any atom is -0.191 e. The van der Waals surface area contributed by atoms with Crippen molar-refractivity contribution in [1.29, 1.82) is 0 Å². The number of aromatic nitrogens is 1. The van der Waals surface area contributed by atoms with Crippen molar-refractivity contribution in [2.24, 2.45) is 0 Å². The number of hydrogen-bond donors (Lipinski definition) is 0. The molecule has 0 aliphatic rings. The molecule has 0 aliphatic carbocycles. The van der Waals surface area contributed by atoms with Gasteiger partial charge in [-0.3, -0.25) is 0 Å². The molecule has 0 unspecified atom stereocenters. The minimum absolute atomic E-state index is 1.08. The number of nitrogens with zero attached hydrogens (tertiary/aromatic N) is 1. The summed E-state index contributed by atoms with van der Waals surface area (Å²) in [6, 6.07) is 28.0. The molecule has 0 fully saturated rings. The highest BCUT2D eigenvalue weighted by Gasteiger charge is 2.10. The monoisotopic (exact) mass is 311 g/mol. The second kappa shape index (κ2) is 4.90. The molecule has 0 aliphatic heterocycles. The Kier molecular flexibility index (Phi) is 2.73. The molecule has 0 saturated carbocycles. The Balaban J connectivity index is 1.84. The van der Waals surface area contributed by atoms with Crippen LogP contribution < -0.4 is 0 Å². The first-order chi connectivity index (χ1) is 11.4. The maximum Gasteiger partial charge on any atom is 0.0919 e. The molecule has 0 bridgehead atoms. The van der Waals surface area contributed by atoms with Crippen LogP contribution in [0.15, 0.2) is 78.9 Å². The molecule has 1 aromatic heterocycles. The number of rotatable bonds is 1. The van der Waals surface area contributed by atoms with Gasteiger partial charge in [0.15, 0.2) is 0 Å². The summed E-state index contributed by atoms with van der Waals surface area (Å²) in [4.78, 5) is 0. The van der Waals surface area contributed by atoms with Crippen molar-refractivity contribution in [3.8, 4) is 11.3 Å². The smallest absolute Gasteiger partial charge is 0.0919 e. The van der Waals surface area contributed by atoms with Gasteiger partial charge >= 0.3 is 0 Å². The molecule has 1 nitrogen and oxygen atoms in total. The predicted molar refractivity (Wildman–Crippen MR) is 100 cm³/mol. The Hall–Kier alpha value is -2.71. The van der Waals surface area contributed by atoms with Gasteiger partial charge in [-0.05, 0) is 57.3 Å². The van der Waals surface area contributed by atoms with Crippen LogP contribution in [0.4, 0.5) is 0 Å². The topological polar surface area (TPSA) is 12.9 Å². The maximum absolute atomic E-state index is 4.70. The van der Waals surface area contributed by atoms with Crippen LogP contribution in [0.25, 0.3) is 42.9 Å². The van der Waals surface area contributed by atoms with E-state index in [1.54, 1.807) is 11.5 Å². The van der Waals surface area contributed by atoms with Gasteiger partial charge in [0.1, 0.15) is 0 Å². The third-order valence-electron chi connectivity index (χ3n) is 4.34. The summed E-state index contributed by atoms with van der Waals surface area (Å²) in [6.45, 7) is 0. The highest BCUT2D eigenvalue weighted by atomic mass is 32.1. The fourth-order valence-electron chi connectivity index (χ4n) is 3.18. The lowest BCUT2D eigenvalue weighted by atomic mass is 10.0. The van der Waals surface area contributed by atoms with Crippen LogP contribution in [0, 0.1) is 0 Å². The molecule has 23 heavy (non-hydrogen) atoms. The largest absolute Gasteiger partial charge is 0.191 e. The molecule has 2 heteroatoms. The lowest BCUT2D eigenvalue weighted by Crippen LogP contribution is -1.79. The average Bonchev–Trinajstić information content (AvgIpc) is 3.01. The van der Waals surface area contributed by atoms with Gasteiger partial charge in [0, 0.05) is 10.9 Å². The molecule has 0 saturated heterocycles. The lowest BCUT2D eigenvalue weighted by molar-refractivity contribution is 1.54. The zero-order chi connectivity index (χ0) is 15.2. The van der Waals surface area contributed by atoms with Crippen LogP contribution in [0.3, 0.4) is 0 Å². The summed E-state index contributed by atoms with van der Waals surface area (Å²) in [7, 11) is 0. The summed E-state index contributed by atoms with van der Waals surface area (Å²) in [6.07, 6.45) is 0. The van der Waals surface area contributed by atoms with Gasteiger partial charge in [0.25, 0.3) is 0 Å². The van der Waals surface area contributed by atoms with E-state index in [1.807, 2.05) is 6.07 Å². The standard InChI is InChI=1S/C21H13NS/c1-2-6-14(7-3-1)21-19-12-17-10-15-8-4-5-9-16(15)11-18(17)13-20(19)23-22-21/h1-13H. The lowest BCUT2D eigenvalue weighted by Gasteiger charge is -2.04. The van der Waals surface area contributed by atoms with E-state index in [-0.39, 0.29) is 0 Å². The molecule has 1 heterocycles. The second-order valence-electron chi connectivity index (χ2n) is 5.79. The molecule has 108 valence electrons. The van der Waals surface area contributed by atoms with Gasteiger partial charge in [-0.1, -0.05) is 54.6 Å². The predicted octanol–water partition coefficient (Wildman–Crippen LogP) is 6.27. The SMILES string of the molecule is c1ccc(-c2nsc3cc4cc5ccccc5cc4cc23)cc1. The van der Waals surface area contributed by atoms with E-state index in [2.05, 4.69) is 72.8 Å². The molecule has 0 atom stereocenters. The van der Waals surface area contributed by atoms with Gasteiger partial charge < -0.3 is 0 Å². The van der Waals surface area contributed by atoms with E-state index < -0.39 is 0 Å². The Morgan fingerprint density at radius 1 is 0.609 bits per heavy atom. The van der Waals surface area contributed by atoms with Gasteiger partial charge in [0.05, 0.1) is 10.4 Å². The van der Waals surface area contributed by atoms with E-state index in [1.165, 1.54) is 37.2 Å². The van der Waals surface area contributed by atoms with Crippen molar-refractivity contribution in [2.45, 2.75) is 0 Å². The second-order valence-corrected chi connectivity index (χ2v) is 6.60. The third kappa shape index (κ3) is 2.03.